The van der Waals surface area contributed by atoms with Gasteiger partial charge in [-0.3, -0.25) is 0 Å². The zero-order chi connectivity index (χ0) is 13.1. The Balaban J connectivity index is 2.22. The number of rotatable bonds is 3. The molecular weight excluding hydrogens is 314 g/mol. The summed E-state index contributed by atoms with van der Waals surface area (Å²) in [7, 11) is 1.95. The zero-order valence-electron chi connectivity index (χ0n) is 9.90. The summed E-state index contributed by atoms with van der Waals surface area (Å²) in [5.41, 5.74) is 7.67. The fourth-order valence-electron chi connectivity index (χ4n) is 1.72. The maximum absolute atomic E-state index is 5.91. The lowest BCUT2D eigenvalue weighted by atomic mass is 10.2. The summed E-state index contributed by atoms with van der Waals surface area (Å²) >= 11 is 9.37. The lowest BCUT2D eigenvalue weighted by molar-refractivity contribution is 0.896. The molecule has 0 aliphatic heterocycles. The first-order valence-corrected chi connectivity index (χ1v) is 6.60. The molecule has 5 heteroatoms. The van der Waals surface area contributed by atoms with Crippen molar-refractivity contribution in [3.63, 3.8) is 0 Å². The maximum Gasteiger partial charge on any atom is 0.151 e. The topological polar surface area (TPSA) is 42.2 Å². The summed E-state index contributed by atoms with van der Waals surface area (Å²) < 4.78 is 1.07. The molecule has 2 rings (SSSR count). The van der Waals surface area contributed by atoms with E-state index in [2.05, 4.69) is 27.0 Å². The molecule has 0 aliphatic carbocycles. The Labute approximate surface area is 120 Å². The van der Waals surface area contributed by atoms with Crippen LogP contribution < -0.4 is 10.6 Å². The average molecular weight is 327 g/mol. The Morgan fingerprint density at radius 2 is 2.11 bits per heavy atom. The molecule has 94 valence electrons. The van der Waals surface area contributed by atoms with E-state index in [-0.39, 0.29) is 0 Å². The van der Waals surface area contributed by atoms with Crippen molar-refractivity contribution >= 4 is 39.0 Å². The van der Waals surface area contributed by atoms with Crippen molar-refractivity contribution in [2.45, 2.75) is 6.54 Å². The van der Waals surface area contributed by atoms with Crippen molar-refractivity contribution in [1.29, 1.82) is 0 Å². The van der Waals surface area contributed by atoms with Crippen molar-refractivity contribution in [3.8, 4) is 0 Å². The van der Waals surface area contributed by atoms with Crippen LogP contribution in [0.15, 0.2) is 41.0 Å². The molecule has 0 saturated carbocycles. The predicted octanol–water partition coefficient (Wildman–Crippen LogP) is 3.72. The van der Waals surface area contributed by atoms with Crippen molar-refractivity contribution in [2.24, 2.45) is 0 Å². The van der Waals surface area contributed by atoms with Gasteiger partial charge in [0.25, 0.3) is 0 Å². The molecule has 0 bridgehead atoms. The van der Waals surface area contributed by atoms with Gasteiger partial charge in [-0.2, -0.15) is 0 Å². The Morgan fingerprint density at radius 1 is 1.39 bits per heavy atom. The largest absolute Gasteiger partial charge is 0.396 e. The molecule has 2 aromatic rings. The lowest BCUT2D eigenvalue weighted by Gasteiger charge is -2.20. The molecule has 0 spiro atoms. The monoisotopic (exact) mass is 325 g/mol. The van der Waals surface area contributed by atoms with Gasteiger partial charge in [-0.25, -0.2) is 4.98 Å². The second-order valence-electron chi connectivity index (χ2n) is 4.01. The highest BCUT2D eigenvalue weighted by atomic mass is 79.9. The molecule has 0 atom stereocenters. The normalized spacial score (nSPS) is 10.4. The third-order valence-electron chi connectivity index (χ3n) is 2.59. The number of pyridine rings is 1. The molecular formula is C13H13BrClN3. The van der Waals surface area contributed by atoms with Gasteiger partial charge in [-0.1, -0.05) is 45.7 Å². The third kappa shape index (κ3) is 2.94. The van der Waals surface area contributed by atoms with Gasteiger partial charge >= 0.3 is 0 Å². The molecule has 1 aromatic heterocycles. The highest BCUT2D eigenvalue weighted by molar-refractivity contribution is 9.10. The Bertz CT molecular complexity index is 560. The number of hydrogen-bond donors (Lipinski definition) is 1. The van der Waals surface area contributed by atoms with Crippen LogP contribution in [-0.4, -0.2) is 12.0 Å². The Morgan fingerprint density at radius 3 is 2.78 bits per heavy atom. The quantitative estimate of drug-likeness (QED) is 0.935. The smallest absolute Gasteiger partial charge is 0.151 e. The van der Waals surface area contributed by atoms with Crippen LogP contribution in [0.1, 0.15) is 5.56 Å². The third-order valence-corrected chi connectivity index (χ3v) is 3.57. The average Bonchev–Trinajstić information content (AvgIpc) is 2.32. The second kappa shape index (κ2) is 5.59. The highest BCUT2D eigenvalue weighted by Gasteiger charge is 2.09. The summed E-state index contributed by atoms with van der Waals surface area (Å²) in [6, 6.07) is 9.78. The lowest BCUT2D eigenvalue weighted by Crippen LogP contribution is -2.19. The van der Waals surface area contributed by atoms with Crippen LogP contribution in [0.4, 0.5) is 11.5 Å². The Kier molecular flexibility index (Phi) is 4.09. The van der Waals surface area contributed by atoms with Gasteiger partial charge in [-0.05, 0) is 17.7 Å². The van der Waals surface area contributed by atoms with E-state index in [1.165, 1.54) is 5.56 Å². The number of halogens is 2. The first kappa shape index (κ1) is 13.2. The van der Waals surface area contributed by atoms with Crippen LogP contribution in [-0.2, 0) is 6.54 Å². The number of nitrogens with zero attached hydrogens (tertiary/aromatic N) is 2. The van der Waals surface area contributed by atoms with Crippen LogP contribution in [0.2, 0.25) is 5.02 Å². The molecule has 3 nitrogen and oxygen atoms in total. The predicted molar refractivity (Wildman–Crippen MR) is 79.9 cm³/mol. The SMILES string of the molecule is CN(Cc1ccccc1Br)c1ncc(Cl)cc1N. The van der Waals surface area contributed by atoms with Crippen LogP contribution in [0, 0.1) is 0 Å². The molecule has 0 saturated heterocycles. The van der Waals surface area contributed by atoms with E-state index in [9.17, 15) is 0 Å². The Hall–Kier alpha value is -1.26. The van der Waals surface area contributed by atoms with E-state index in [1.807, 2.05) is 30.1 Å². The zero-order valence-corrected chi connectivity index (χ0v) is 12.2. The van der Waals surface area contributed by atoms with E-state index in [0.29, 0.717) is 10.7 Å². The van der Waals surface area contributed by atoms with Gasteiger partial charge in [0, 0.05) is 24.3 Å². The number of nitrogen functional groups attached to an aromatic ring is 1. The molecule has 2 N–H and O–H groups in total. The minimum absolute atomic E-state index is 0.547. The fraction of sp³-hybridized carbons (Fsp3) is 0.154. The molecule has 0 fully saturated rings. The molecule has 0 amide bonds. The number of benzene rings is 1. The summed E-state index contributed by atoms with van der Waals surface area (Å²) in [4.78, 5) is 6.25. The van der Waals surface area contributed by atoms with Crippen LogP contribution >= 0.6 is 27.5 Å². The first-order chi connectivity index (χ1) is 8.58. The number of anilines is 2. The summed E-state index contributed by atoms with van der Waals surface area (Å²) in [5.74, 6) is 0.732. The molecule has 0 radical (unpaired) electrons. The van der Waals surface area contributed by atoms with Gasteiger partial charge in [0.15, 0.2) is 5.82 Å². The van der Waals surface area contributed by atoms with Gasteiger partial charge < -0.3 is 10.6 Å². The van der Waals surface area contributed by atoms with E-state index in [0.717, 1.165) is 16.8 Å². The first-order valence-electron chi connectivity index (χ1n) is 5.43. The van der Waals surface area contributed by atoms with E-state index in [4.69, 9.17) is 17.3 Å². The summed E-state index contributed by atoms with van der Waals surface area (Å²) in [5, 5.41) is 0.547. The van der Waals surface area contributed by atoms with Gasteiger partial charge in [0.1, 0.15) is 0 Å². The highest BCUT2D eigenvalue weighted by Crippen LogP contribution is 2.25. The summed E-state index contributed by atoms with van der Waals surface area (Å²) in [6.45, 7) is 0.722. The van der Waals surface area contributed by atoms with Crippen LogP contribution in [0.25, 0.3) is 0 Å². The van der Waals surface area contributed by atoms with Crippen LogP contribution in [0.3, 0.4) is 0 Å². The fourth-order valence-corrected chi connectivity index (χ4v) is 2.30. The molecule has 1 heterocycles. The van der Waals surface area contributed by atoms with Gasteiger partial charge in [-0.15, -0.1) is 0 Å². The number of hydrogen-bond acceptors (Lipinski definition) is 3. The van der Waals surface area contributed by atoms with Crippen molar-refractivity contribution in [3.05, 3.63) is 51.6 Å². The van der Waals surface area contributed by atoms with E-state index >= 15 is 0 Å². The molecule has 0 aliphatic rings. The standard InChI is InChI=1S/C13H13BrClN3/c1-18(8-9-4-2-3-5-11(9)14)13-12(16)6-10(15)7-17-13/h2-7H,8,16H2,1H3. The van der Waals surface area contributed by atoms with Crippen molar-refractivity contribution in [2.75, 3.05) is 17.7 Å². The van der Waals surface area contributed by atoms with E-state index in [1.54, 1.807) is 12.3 Å². The molecule has 0 unspecified atom stereocenters. The minimum atomic E-state index is 0.547. The maximum atomic E-state index is 5.91. The second-order valence-corrected chi connectivity index (χ2v) is 5.30. The van der Waals surface area contributed by atoms with Crippen LogP contribution in [0.5, 0.6) is 0 Å². The minimum Gasteiger partial charge on any atom is -0.396 e. The van der Waals surface area contributed by atoms with Gasteiger partial charge in [0.05, 0.1) is 10.7 Å². The molecule has 18 heavy (non-hydrogen) atoms. The summed E-state index contributed by atoms with van der Waals surface area (Å²) in [6.07, 6.45) is 1.60. The van der Waals surface area contributed by atoms with E-state index < -0.39 is 0 Å². The molecule has 1 aromatic carbocycles. The van der Waals surface area contributed by atoms with Crippen molar-refractivity contribution < 1.29 is 0 Å². The van der Waals surface area contributed by atoms with Gasteiger partial charge in [0.2, 0.25) is 0 Å². The number of nitrogens with two attached hydrogens (primary N) is 1. The number of aromatic nitrogens is 1. The van der Waals surface area contributed by atoms with Crippen molar-refractivity contribution in [1.82, 2.24) is 4.98 Å².